The lowest BCUT2D eigenvalue weighted by molar-refractivity contribution is 0.478. The van der Waals surface area contributed by atoms with Gasteiger partial charge in [-0.15, -0.1) is 0 Å². The highest BCUT2D eigenvalue weighted by atomic mass is 35.5. The second-order valence-electron chi connectivity index (χ2n) is 4.07. The van der Waals surface area contributed by atoms with Gasteiger partial charge in [0.15, 0.2) is 0 Å². The van der Waals surface area contributed by atoms with Gasteiger partial charge < -0.3 is 10.5 Å². The Labute approximate surface area is 115 Å². The van der Waals surface area contributed by atoms with Crippen molar-refractivity contribution in [2.75, 3.05) is 0 Å². The largest absolute Gasteiger partial charge is 0.457 e. The molecular weight excluding hydrogens is 267 g/mol. The van der Waals surface area contributed by atoms with E-state index < -0.39 is 0 Å². The molecular formula is C14H12ClFN2O. The van der Waals surface area contributed by atoms with Crippen molar-refractivity contribution in [1.82, 2.24) is 0 Å². The summed E-state index contributed by atoms with van der Waals surface area (Å²) in [4.78, 5) is 0. The van der Waals surface area contributed by atoms with E-state index in [-0.39, 0.29) is 11.7 Å². The van der Waals surface area contributed by atoms with E-state index in [0.717, 1.165) is 0 Å². The zero-order valence-corrected chi connectivity index (χ0v) is 11.0. The van der Waals surface area contributed by atoms with E-state index in [9.17, 15) is 4.39 Å². The minimum absolute atomic E-state index is 0.142. The summed E-state index contributed by atoms with van der Waals surface area (Å²) in [7, 11) is 0. The number of nitrogens with two attached hydrogens (primary N) is 1. The smallest absolute Gasteiger partial charge is 0.138 e. The van der Waals surface area contributed by atoms with E-state index in [1.165, 1.54) is 12.1 Å². The molecule has 3 nitrogen and oxygen atoms in total. The Balaban J connectivity index is 2.37. The highest BCUT2D eigenvalue weighted by molar-refractivity contribution is 6.31. The van der Waals surface area contributed by atoms with Gasteiger partial charge in [-0.05, 0) is 48.9 Å². The standard InChI is InChI=1S/C14H12ClFN2O/c1-8-6-10(3-4-12(8)16)19-13-5-2-9(15)7-11(13)14(17)18/h2-7H,1H3,(H3,17,18). The fourth-order valence-corrected chi connectivity index (χ4v) is 1.78. The third-order valence-electron chi connectivity index (χ3n) is 2.59. The molecule has 0 amide bonds. The van der Waals surface area contributed by atoms with Crippen LogP contribution in [0, 0.1) is 18.2 Å². The molecule has 5 heteroatoms. The van der Waals surface area contributed by atoms with E-state index in [0.29, 0.717) is 27.6 Å². The van der Waals surface area contributed by atoms with Gasteiger partial charge in [-0.3, -0.25) is 5.41 Å². The number of hydrogen-bond acceptors (Lipinski definition) is 2. The van der Waals surface area contributed by atoms with Crippen molar-refractivity contribution in [3.05, 3.63) is 58.4 Å². The molecule has 0 aliphatic heterocycles. The Morgan fingerprint density at radius 1 is 1.26 bits per heavy atom. The second kappa shape index (κ2) is 5.28. The van der Waals surface area contributed by atoms with Crippen LogP contribution >= 0.6 is 11.6 Å². The quantitative estimate of drug-likeness (QED) is 0.661. The summed E-state index contributed by atoms with van der Waals surface area (Å²) in [6.45, 7) is 1.65. The van der Waals surface area contributed by atoms with E-state index in [1.807, 2.05) is 0 Å². The molecule has 0 saturated heterocycles. The number of benzene rings is 2. The van der Waals surface area contributed by atoms with Crippen LogP contribution in [-0.4, -0.2) is 5.84 Å². The molecule has 0 fully saturated rings. The molecule has 2 aromatic rings. The molecule has 0 aliphatic carbocycles. The van der Waals surface area contributed by atoms with Crippen molar-refractivity contribution < 1.29 is 9.13 Å². The summed E-state index contributed by atoms with van der Waals surface area (Å²) in [5.74, 6) is 0.443. The Kier molecular flexibility index (Phi) is 3.71. The van der Waals surface area contributed by atoms with Crippen LogP contribution in [0.4, 0.5) is 4.39 Å². The lowest BCUT2D eigenvalue weighted by Gasteiger charge is -2.11. The number of nitrogens with one attached hydrogen (secondary N) is 1. The number of amidine groups is 1. The Morgan fingerprint density at radius 3 is 2.63 bits per heavy atom. The highest BCUT2D eigenvalue weighted by Crippen LogP contribution is 2.28. The molecule has 0 spiro atoms. The van der Waals surface area contributed by atoms with Gasteiger partial charge in [0, 0.05) is 5.02 Å². The van der Waals surface area contributed by atoms with Crippen LogP contribution in [0.1, 0.15) is 11.1 Å². The molecule has 3 N–H and O–H groups in total. The first kappa shape index (κ1) is 13.4. The number of aryl methyl sites for hydroxylation is 1. The first-order chi connectivity index (χ1) is 8.97. The van der Waals surface area contributed by atoms with E-state index in [1.54, 1.807) is 31.2 Å². The van der Waals surface area contributed by atoms with Gasteiger partial charge in [0.25, 0.3) is 0 Å². The summed E-state index contributed by atoms with van der Waals surface area (Å²) in [6.07, 6.45) is 0. The molecule has 0 unspecified atom stereocenters. The maximum absolute atomic E-state index is 13.2. The Hall–Kier alpha value is -2.07. The third-order valence-corrected chi connectivity index (χ3v) is 2.82. The summed E-state index contributed by atoms with van der Waals surface area (Å²) in [5, 5.41) is 7.96. The van der Waals surface area contributed by atoms with Gasteiger partial charge >= 0.3 is 0 Å². The zero-order valence-electron chi connectivity index (χ0n) is 10.2. The summed E-state index contributed by atoms with van der Waals surface area (Å²) in [6, 6.07) is 9.23. The molecule has 0 heterocycles. The van der Waals surface area contributed by atoms with Crippen molar-refractivity contribution in [3.63, 3.8) is 0 Å². The molecule has 2 rings (SSSR count). The third kappa shape index (κ3) is 3.03. The fraction of sp³-hybridized carbons (Fsp3) is 0.0714. The summed E-state index contributed by atoms with van der Waals surface area (Å²) >= 11 is 5.85. The molecule has 0 radical (unpaired) electrons. The number of rotatable bonds is 3. The maximum atomic E-state index is 13.2. The lowest BCUT2D eigenvalue weighted by atomic mass is 10.2. The average Bonchev–Trinajstić information content (AvgIpc) is 2.36. The van der Waals surface area contributed by atoms with E-state index >= 15 is 0 Å². The highest BCUT2D eigenvalue weighted by Gasteiger charge is 2.09. The van der Waals surface area contributed by atoms with Crippen molar-refractivity contribution in [2.45, 2.75) is 6.92 Å². The van der Waals surface area contributed by atoms with Crippen LogP contribution in [0.25, 0.3) is 0 Å². The number of halogens is 2. The molecule has 19 heavy (non-hydrogen) atoms. The Bertz CT molecular complexity index is 643. The van der Waals surface area contributed by atoms with Gasteiger partial charge in [0.05, 0.1) is 5.56 Å². The topological polar surface area (TPSA) is 59.1 Å². The predicted molar refractivity (Wildman–Crippen MR) is 73.7 cm³/mol. The first-order valence-electron chi connectivity index (χ1n) is 5.55. The van der Waals surface area contributed by atoms with Gasteiger partial charge in [-0.2, -0.15) is 0 Å². The van der Waals surface area contributed by atoms with E-state index in [2.05, 4.69) is 0 Å². The zero-order chi connectivity index (χ0) is 14.0. The normalized spacial score (nSPS) is 10.3. The maximum Gasteiger partial charge on any atom is 0.138 e. The van der Waals surface area contributed by atoms with Gasteiger partial charge in [0.1, 0.15) is 23.2 Å². The molecule has 2 aromatic carbocycles. The van der Waals surface area contributed by atoms with Crippen molar-refractivity contribution in [2.24, 2.45) is 5.73 Å². The van der Waals surface area contributed by atoms with Gasteiger partial charge in [0.2, 0.25) is 0 Å². The number of hydrogen-bond donors (Lipinski definition) is 2. The molecule has 0 atom stereocenters. The van der Waals surface area contributed by atoms with Crippen LogP contribution in [0.15, 0.2) is 36.4 Å². The van der Waals surface area contributed by atoms with Crippen LogP contribution in [0.3, 0.4) is 0 Å². The van der Waals surface area contributed by atoms with Gasteiger partial charge in [-0.25, -0.2) is 4.39 Å². The van der Waals surface area contributed by atoms with Crippen LogP contribution < -0.4 is 10.5 Å². The lowest BCUT2D eigenvalue weighted by Crippen LogP contribution is -2.12. The molecule has 0 bridgehead atoms. The molecule has 0 saturated carbocycles. The summed E-state index contributed by atoms with van der Waals surface area (Å²) < 4.78 is 18.8. The Morgan fingerprint density at radius 2 is 2.00 bits per heavy atom. The van der Waals surface area contributed by atoms with Crippen LogP contribution in [-0.2, 0) is 0 Å². The van der Waals surface area contributed by atoms with E-state index in [4.69, 9.17) is 27.5 Å². The van der Waals surface area contributed by atoms with Gasteiger partial charge in [-0.1, -0.05) is 11.6 Å². The predicted octanol–water partition coefficient (Wildman–Crippen LogP) is 3.86. The minimum atomic E-state index is -0.296. The molecule has 0 aromatic heterocycles. The van der Waals surface area contributed by atoms with Crippen LogP contribution in [0.2, 0.25) is 5.02 Å². The van der Waals surface area contributed by atoms with Crippen LogP contribution in [0.5, 0.6) is 11.5 Å². The average molecular weight is 279 g/mol. The van der Waals surface area contributed by atoms with Crippen molar-refractivity contribution in [3.8, 4) is 11.5 Å². The first-order valence-corrected chi connectivity index (χ1v) is 5.93. The second-order valence-corrected chi connectivity index (χ2v) is 4.50. The summed E-state index contributed by atoms with van der Waals surface area (Å²) in [5.41, 5.74) is 6.36. The number of ether oxygens (including phenoxy) is 1. The monoisotopic (exact) mass is 278 g/mol. The van der Waals surface area contributed by atoms with Crippen molar-refractivity contribution >= 4 is 17.4 Å². The fourth-order valence-electron chi connectivity index (χ4n) is 1.61. The molecule has 98 valence electrons. The van der Waals surface area contributed by atoms with Crippen molar-refractivity contribution in [1.29, 1.82) is 5.41 Å². The SMILES string of the molecule is Cc1cc(Oc2ccc(Cl)cc2C(=N)N)ccc1F. The molecule has 0 aliphatic rings. The number of nitrogen functional groups attached to an aromatic ring is 1. The minimum Gasteiger partial charge on any atom is -0.457 e.